The fourth-order valence-corrected chi connectivity index (χ4v) is 4.08. The van der Waals surface area contributed by atoms with Crippen LogP contribution in [0.2, 0.25) is 0 Å². The fraction of sp³-hybridized carbons (Fsp3) is 0.500. The monoisotopic (exact) mass is 320 g/mol. The van der Waals surface area contributed by atoms with Crippen molar-refractivity contribution in [1.29, 1.82) is 0 Å². The summed E-state index contributed by atoms with van der Waals surface area (Å²) in [5.74, 6) is -0.108. The molecule has 3 N–H and O–H groups in total. The Bertz CT molecular complexity index is 578. The minimum absolute atomic E-state index is 0.125. The molecule has 0 bridgehead atoms. The summed E-state index contributed by atoms with van der Waals surface area (Å²) in [5, 5.41) is 15.0. The largest absolute Gasteiger partial charge is 0.393 e. The molecule has 22 heavy (non-hydrogen) atoms. The molecule has 0 spiro atoms. The molecule has 0 unspecified atom stereocenters. The zero-order valence-corrected chi connectivity index (χ0v) is 13.1. The van der Waals surface area contributed by atoms with Crippen LogP contribution in [0.5, 0.6) is 0 Å². The van der Waals surface area contributed by atoms with Gasteiger partial charge in [-0.15, -0.1) is 11.8 Å². The molecule has 0 radical (unpaired) electrons. The molecular weight excluding hydrogens is 300 g/mol. The van der Waals surface area contributed by atoms with Crippen molar-refractivity contribution in [3.8, 4) is 0 Å². The maximum atomic E-state index is 12.1. The number of carbonyl (C=O) groups excluding carboxylic acids is 2. The van der Waals surface area contributed by atoms with Gasteiger partial charge in [0.2, 0.25) is 11.8 Å². The van der Waals surface area contributed by atoms with Crippen molar-refractivity contribution in [3.05, 3.63) is 24.3 Å². The van der Waals surface area contributed by atoms with Gasteiger partial charge < -0.3 is 15.7 Å². The summed E-state index contributed by atoms with van der Waals surface area (Å²) in [6.45, 7) is 0.496. The lowest BCUT2D eigenvalue weighted by Gasteiger charge is -2.24. The first-order valence-corrected chi connectivity index (χ1v) is 8.53. The summed E-state index contributed by atoms with van der Waals surface area (Å²) in [5.41, 5.74) is 0.809. The number of thioether (sulfide) groups is 1. The molecule has 1 fully saturated rings. The number of para-hydroxylation sites is 1. The highest BCUT2D eigenvalue weighted by molar-refractivity contribution is 8.01. The van der Waals surface area contributed by atoms with Gasteiger partial charge in [-0.2, -0.15) is 0 Å². The summed E-state index contributed by atoms with van der Waals surface area (Å²) < 4.78 is 0. The van der Waals surface area contributed by atoms with Crippen LogP contribution in [0.1, 0.15) is 25.7 Å². The molecule has 0 aromatic heterocycles. The number of anilines is 1. The molecule has 118 valence electrons. The third-order valence-corrected chi connectivity index (χ3v) is 5.53. The highest BCUT2D eigenvalue weighted by Gasteiger charge is 2.30. The average molecular weight is 320 g/mol. The molecule has 2 amide bonds. The predicted molar refractivity (Wildman–Crippen MR) is 85.7 cm³/mol. The van der Waals surface area contributed by atoms with E-state index >= 15 is 0 Å². The molecule has 1 aromatic rings. The number of hydrogen-bond acceptors (Lipinski definition) is 4. The normalized spacial score (nSPS) is 27.1. The van der Waals surface area contributed by atoms with Crippen molar-refractivity contribution in [3.63, 3.8) is 0 Å². The van der Waals surface area contributed by atoms with E-state index in [0.29, 0.717) is 6.54 Å². The van der Waals surface area contributed by atoms with Crippen LogP contribution in [0.3, 0.4) is 0 Å². The van der Waals surface area contributed by atoms with Crippen molar-refractivity contribution < 1.29 is 14.7 Å². The molecule has 2 aliphatic rings. The number of carbonyl (C=O) groups is 2. The minimum atomic E-state index is -0.400. The van der Waals surface area contributed by atoms with Crippen LogP contribution >= 0.6 is 11.8 Å². The van der Waals surface area contributed by atoms with Gasteiger partial charge >= 0.3 is 0 Å². The average Bonchev–Trinajstić information content (AvgIpc) is 2.91. The highest BCUT2D eigenvalue weighted by Crippen LogP contribution is 2.36. The number of hydrogen-bond donors (Lipinski definition) is 3. The zero-order valence-electron chi connectivity index (χ0n) is 12.2. The molecule has 6 heteroatoms. The van der Waals surface area contributed by atoms with E-state index in [4.69, 9.17) is 0 Å². The van der Waals surface area contributed by atoms with Crippen LogP contribution in [0.15, 0.2) is 29.2 Å². The molecule has 1 saturated carbocycles. The Morgan fingerprint density at radius 1 is 1.36 bits per heavy atom. The van der Waals surface area contributed by atoms with E-state index in [2.05, 4.69) is 10.6 Å². The number of rotatable bonds is 4. The first-order valence-electron chi connectivity index (χ1n) is 7.65. The van der Waals surface area contributed by atoms with Crippen LogP contribution < -0.4 is 10.6 Å². The van der Waals surface area contributed by atoms with E-state index < -0.39 is 5.25 Å². The van der Waals surface area contributed by atoms with Gasteiger partial charge in [-0.3, -0.25) is 9.59 Å². The van der Waals surface area contributed by atoms with Gasteiger partial charge in [0.15, 0.2) is 0 Å². The quantitative estimate of drug-likeness (QED) is 0.790. The topological polar surface area (TPSA) is 78.4 Å². The number of fused-ring (bicyclic) bond motifs is 1. The SMILES string of the molecule is O=C(C[C@@H]1Sc2ccccc2NC1=O)NC[C@H]1CCC[C@H]1O. The van der Waals surface area contributed by atoms with E-state index in [0.717, 1.165) is 29.8 Å². The van der Waals surface area contributed by atoms with Crippen LogP contribution in [0.4, 0.5) is 5.69 Å². The Kier molecular flexibility index (Phi) is 4.69. The second-order valence-corrected chi connectivity index (χ2v) is 7.10. The van der Waals surface area contributed by atoms with Crippen molar-refractivity contribution in [1.82, 2.24) is 5.32 Å². The third kappa shape index (κ3) is 3.44. The first-order chi connectivity index (χ1) is 10.6. The van der Waals surface area contributed by atoms with Gasteiger partial charge in [0.05, 0.1) is 17.0 Å². The van der Waals surface area contributed by atoms with Gasteiger partial charge in [0.25, 0.3) is 0 Å². The van der Waals surface area contributed by atoms with E-state index in [1.165, 1.54) is 11.8 Å². The molecule has 0 saturated heterocycles. The number of aliphatic hydroxyl groups excluding tert-OH is 1. The second-order valence-electron chi connectivity index (χ2n) is 5.86. The fourth-order valence-electron chi connectivity index (χ4n) is 2.97. The van der Waals surface area contributed by atoms with Crippen LogP contribution in [0.25, 0.3) is 0 Å². The summed E-state index contributed by atoms with van der Waals surface area (Å²) in [7, 11) is 0. The van der Waals surface area contributed by atoms with Gasteiger partial charge in [0, 0.05) is 23.8 Å². The number of aliphatic hydroxyl groups is 1. The number of nitrogens with one attached hydrogen (secondary N) is 2. The summed E-state index contributed by atoms with van der Waals surface area (Å²) in [6.07, 6.45) is 2.64. The molecule has 3 atom stereocenters. The van der Waals surface area contributed by atoms with Gasteiger partial charge in [-0.1, -0.05) is 18.6 Å². The maximum Gasteiger partial charge on any atom is 0.238 e. The van der Waals surface area contributed by atoms with Crippen molar-refractivity contribution in [2.75, 3.05) is 11.9 Å². The lowest BCUT2D eigenvalue weighted by Crippen LogP contribution is -2.37. The Hall–Kier alpha value is -1.53. The van der Waals surface area contributed by atoms with Gasteiger partial charge in [-0.25, -0.2) is 0 Å². The van der Waals surface area contributed by atoms with Crippen molar-refractivity contribution in [2.45, 2.75) is 41.9 Å². The van der Waals surface area contributed by atoms with Crippen LogP contribution in [-0.4, -0.2) is 34.8 Å². The van der Waals surface area contributed by atoms with E-state index in [1.807, 2.05) is 24.3 Å². The standard InChI is InChI=1S/C16H20N2O3S/c19-12-6-3-4-10(12)9-17-15(20)8-14-16(21)18-11-5-1-2-7-13(11)22-14/h1-2,5,7,10,12,14,19H,3-4,6,8-9H2,(H,17,20)(H,18,21)/t10-,12-,14+/m1/s1. The number of amides is 2. The Balaban J connectivity index is 1.52. The highest BCUT2D eigenvalue weighted by atomic mass is 32.2. The molecular formula is C16H20N2O3S. The minimum Gasteiger partial charge on any atom is -0.393 e. The second kappa shape index (κ2) is 6.71. The molecule has 1 aliphatic heterocycles. The first kappa shape index (κ1) is 15.4. The Morgan fingerprint density at radius 2 is 2.18 bits per heavy atom. The van der Waals surface area contributed by atoms with Crippen LogP contribution in [0, 0.1) is 5.92 Å². The van der Waals surface area contributed by atoms with E-state index in [1.54, 1.807) is 0 Å². The summed E-state index contributed by atoms with van der Waals surface area (Å²) >= 11 is 1.43. The smallest absolute Gasteiger partial charge is 0.238 e. The lowest BCUT2D eigenvalue weighted by atomic mass is 10.1. The molecule has 5 nitrogen and oxygen atoms in total. The van der Waals surface area contributed by atoms with Gasteiger partial charge in [-0.05, 0) is 25.0 Å². The number of benzene rings is 1. The summed E-state index contributed by atoms with van der Waals surface area (Å²) in [4.78, 5) is 25.1. The van der Waals surface area contributed by atoms with Gasteiger partial charge in [0.1, 0.15) is 0 Å². The Morgan fingerprint density at radius 3 is 2.95 bits per heavy atom. The predicted octanol–water partition coefficient (Wildman–Crippen LogP) is 1.77. The Labute approximate surface area is 133 Å². The molecule has 1 aliphatic carbocycles. The molecule has 3 rings (SSSR count). The van der Waals surface area contributed by atoms with Crippen molar-refractivity contribution in [2.24, 2.45) is 5.92 Å². The van der Waals surface area contributed by atoms with E-state index in [9.17, 15) is 14.7 Å². The molecule has 1 aromatic carbocycles. The molecule has 1 heterocycles. The van der Waals surface area contributed by atoms with Crippen molar-refractivity contribution >= 4 is 29.3 Å². The summed E-state index contributed by atoms with van der Waals surface area (Å²) in [6, 6.07) is 7.60. The lowest BCUT2D eigenvalue weighted by molar-refractivity contribution is -0.124. The van der Waals surface area contributed by atoms with Crippen LogP contribution in [-0.2, 0) is 9.59 Å². The third-order valence-electron chi connectivity index (χ3n) is 4.26. The van der Waals surface area contributed by atoms with E-state index in [-0.39, 0.29) is 30.3 Å². The maximum absolute atomic E-state index is 12.1. The zero-order chi connectivity index (χ0) is 15.5.